The summed E-state index contributed by atoms with van der Waals surface area (Å²) in [5.41, 5.74) is 2.92. The highest BCUT2D eigenvalue weighted by molar-refractivity contribution is 5.87. The molecule has 3 N–H and O–H groups in total. The van der Waals surface area contributed by atoms with Crippen LogP contribution in [0, 0.1) is 0 Å². The van der Waals surface area contributed by atoms with Crippen LogP contribution in [0.15, 0.2) is 103 Å². The van der Waals surface area contributed by atoms with Crippen LogP contribution in [0.25, 0.3) is 0 Å². The summed E-state index contributed by atoms with van der Waals surface area (Å²) in [6.45, 7) is 10.9. The van der Waals surface area contributed by atoms with Crippen LogP contribution in [0.4, 0.5) is 34.9 Å². The standard InChI is InChI=1S/C33H34N6O6/c1-22(2)29(40)44-20-18-42-27-14-10-25(11-15-27)35-32-37-31(34-24-8-6-5-7-9-24)38-33(39-32)36-26-12-16-28(17-13-26)43-19-21-45-30(41)23(3)4/h5-17H,1,3,18-21H2,2,4H3,(H3,34,35,36,37,38,39). The summed E-state index contributed by atoms with van der Waals surface area (Å²) >= 11 is 0. The van der Waals surface area contributed by atoms with Crippen molar-refractivity contribution in [2.24, 2.45) is 0 Å². The Bertz CT molecular complexity index is 1510. The SMILES string of the molecule is C=C(C)C(=O)OCCOc1ccc(Nc2nc(Nc3ccccc3)nc(Nc3ccc(OCCOC(=O)C(=C)C)cc3)n2)cc1. The predicted octanol–water partition coefficient (Wildman–Crippen LogP) is 6.10. The van der Waals surface area contributed by atoms with E-state index in [1.807, 2.05) is 54.6 Å². The van der Waals surface area contributed by atoms with Gasteiger partial charge in [0.1, 0.15) is 37.9 Å². The van der Waals surface area contributed by atoms with E-state index in [0.29, 0.717) is 51.9 Å². The molecule has 0 saturated heterocycles. The third-order valence-electron chi connectivity index (χ3n) is 5.75. The molecule has 0 spiro atoms. The van der Waals surface area contributed by atoms with Crippen LogP contribution in [0.5, 0.6) is 11.5 Å². The number of hydrogen-bond donors (Lipinski definition) is 3. The summed E-state index contributed by atoms with van der Waals surface area (Å²) < 4.78 is 21.4. The zero-order valence-electron chi connectivity index (χ0n) is 25.0. The number of ether oxygens (including phenoxy) is 4. The average Bonchev–Trinajstić information content (AvgIpc) is 3.03. The van der Waals surface area contributed by atoms with Crippen LogP contribution in [0.1, 0.15) is 13.8 Å². The third kappa shape index (κ3) is 10.7. The van der Waals surface area contributed by atoms with Gasteiger partial charge < -0.3 is 34.9 Å². The zero-order chi connectivity index (χ0) is 32.0. The number of benzene rings is 3. The zero-order valence-corrected chi connectivity index (χ0v) is 25.0. The van der Waals surface area contributed by atoms with E-state index in [0.717, 1.165) is 5.69 Å². The van der Waals surface area contributed by atoms with Gasteiger partial charge in [-0.3, -0.25) is 0 Å². The van der Waals surface area contributed by atoms with E-state index in [4.69, 9.17) is 18.9 Å². The molecular weight excluding hydrogens is 576 g/mol. The van der Waals surface area contributed by atoms with E-state index in [1.165, 1.54) is 0 Å². The van der Waals surface area contributed by atoms with Gasteiger partial charge in [-0.05, 0) is 74.5 Å². The number of aromatic nitrogens is 3. The maximum Gasteiger partial charge on any atom is 0.333 e. The van der Waals surface area contributed by atoms with Crippen LogP contribution in [0.2, 0.25) is 0 Å². The van der Waals surface area contributed by atoms with Crippen molar-refractivity contribution in [2.75, 3.05) is 42.4 Å². The molecule has 0 radical (unpaired) electrons. The first kappa shape index (κ1) is 32.0. The van der Waals surface area contributed by atoms with E-state index < -0.39 is 11.9 Å². The van der Waals surface area contributed by atoms with Crippen molar-refractivity contribution in [3.63, 3.8) is 0 Å². The minimum Gasteiger partial charge on any atom is -0.490 e. The van der Waals surface area contributed by atoms with Crippen LogP contribution < -0.4 is 25.4 Å². The molecule has 4 aromatic rings. The van der Waals surface area contributed by atoms with E-state index in [-0.39, 0.29) is 26.4 Å². The van der Waals surface area contributed by atoms with E-state index >= 15 is 0 Å². The fourth-order valence-electron chi connectivity index (χ4n) is 3.56. The molecule has 0 aliphatic carbocycles. The predicted molar refractivity (Wildman–Crippen MR) is 172 cm³/mol. The summed E-state index contributed by atoms with van der Waals surface area (Å²) in [6.07, 6.45) is 0. The molecule has 0 bridgehead atoms. The molecule has 0 aliphatic heterocycles. The molecule has 0 fully saturated rings. The highest BCUT2D eigenvalue weighted by Gasteiger charge is 2.10. The molecule has 0 aliphatic rings. The van der Waals surface area contributed by atoms with Gasteiger partial charge in [-0.1, -0.05) is 31.4 Å². The highest BCUT2D eigenvalue weighted by atomic mass is 16.6. The number of anilines is 6. The maximum absolute atomic E-state index is 11.5. The van der Waals surface area contributed by atoms with Crippen molar-refractivity contribution in [1.29, 1.82) is 0 Å². The normalized spacial score (nSPS) is 10.3. The monoisotopic (exact) mass is 610 g/mol. The molecule has 0 unspecified atom stereocenters. The Morgan fingerprint density at radius 1 is 0.556 bits per heavy atom. The van der Waals surface area contributed by atoms with Gasteiger partial charge in [0, 0.05) is 28.2 Å². The molecule has 12 nitrogen and oxygen atoms in total. The number of rotatable bonds is 16. The van der Waals surface area contributed by atoms with Crippen LogP contribution in [0.3, 0.4) is 0 Å². The minimum atomic E-state index is -0.452. The molecule has 1 aromatic heterocycles. The topological polar surface area (TPSA) is 146 Å². The second-order valence-corrected chi connectivity index (χ2v) is 9.63. The summed E-state index contributed by atoms with van der Waals surface area (Å²) in [6, 6.07) is 23.9. The van der Waals surface area contributed by atoms with Gasteiger partial charge in [0.25, 0.3) is 0 Å². The smallest absolute Gasteiger partial charge is 0.333 e. The second-order valence-electron chi connectivity index (χ2n) is 9.63. The van der Waals surface area contributed by atoms with E-state index in [9.17, 15) is 9.59 Å². The quantitative estimate of drug-likeness (QED) is 0.0765. The van der Waals surface area contributed by atoms with Gasteiger partial charge >= 0.3 is 11.9 Å². The second kappa shape index (κ2) is 16.1. The number of esters is 2. The summed E-state index contributed by atoms with van der Waals surface area (Å²) in [4.78, 5) is 36.6. The third-order valence-corrected chi connectivity index (χ3v) is 5.75. The lowest BCUT2D eigenvalue weighted by atomic mass is 10.3. The Balaban J connectivity index is 1.40. The Hall–Kier alpha value is -5.91. The summed E-state index contributed by atoms with van der Waals surface area (Å²) in [5.74, 6) is 1.24. The molecule has 232 valence electrons. The Morgan fingerprint density at radius 2 is 0.911 bits per heavy atom. The lowest BCUT2D eigenvalue weighted by Gasteiger charge is -2.12. The van der Waals surface area contributed by atoms with Crippen molar-refractivity contribution >= 4 is 46.8 Å². The number of hydrogen-bond acceptors (Lipinski definition) is 12. The average molecular weight is 611 g/mol. The Labute approximate surface area is 261 Å². The van der Waals surface area contributed by atoms with Gasteiger partial charge in [0.05, 0.1) is 0 Å². The maximum atomic E-state index is 11.5. The van der Waals surface area contributed by atoms with Gasteiger partial charge in [-0.2, -0.15) is 15.0 Å². The van der Waals surface area contributed by atoms with E-state index in [1.54, 1.807) is 38.1 Å². The van der Waals surface area contributed by atoms with Gasteiger partial charge in [-0.15, -0.1) is 0 Å². The lowest BCUT2D eigenvalue weighted by Crippen LogP contribution is -2.12. The first-order valence-corrected chi connectivity index (χ1v) is 14.0. The molecule has 45 heavy (non-hydrogen) atoms. The van der Waals surface area contributed by atoms with Gasteiger partial charge in [-0.25, -0.2) is 9.59 Å². The van der Waals surface area contributed by atoms with Crippen LogP contribution in [-0.4, -0.2) is 53.3 Å². The number of nitrogens with one attached hydrogen (secondary N) is 3. The van der Waals surface area contributed by atoms with Gasteiger partial charge in [0.2, 0.25) is 17.8 Å². The largest absolute Gasteiger partial charge is 0.490 e. The fourth-order valence-corrected chi connectivity index (χ4v) is 3.56. The Morgan fingerprint density at radius 3 is 1.27 bits per heavy atom. The van der Waals surface area contributed by atoms with Crippen molar-refractivity contribution < 1.29 is 28.5 Å². The molecule has 0 amide bonds. The van der Waals surface area contributed by atoms with E-state index in [2.05, 4.69) is 44.1 Å². The first-order chi connectivity index (χ1) is 21.7. The number of carbonyl (C=O) groups excluding carboxylic acids is 2. The molecule has 1 heterocycles. The first-order valence-electron chi connectivity index (χ1n) is 14.0. The number of nitrogens with zero attached hydrogens (tertiary/aromatic N) is 3. The Kier molecular flexibility index (Phi) is 11.4. The van der Waals surface area contributed by atoms with Crippen LogP contribution in [-0.2, 0) is 19.1 Å². The number of carbonyl (C=O) groups is 2. The van der Waals surface area contributed by atoms with Gasteiger partial charge in [0.15, 0.2) is 0 Å². The highest BCUT2D eigenvalue weighted by Crippen LogP contribution is 2.23. The molecule has 0 saturated carbocycles. The van der Waals surface area contributed by atoms with Crippen molar-refractivity contribution in [2.45, 2.75) is 13.8 Å². The summed E-state index contributed by atoms with van der Waals surface area (Å²) in [7, 11) is 0. The molecule has 12 heteroatoms. The number of para-hydroxylation sites is 1. The molecule has 0 atom stereocenters. The van der Waals surface area contributed by atoms with Crippen LogP contribution >= 0.6 is 0 Å². The summed E-state index contributed by atoms with van der Waals surface area (Å²) in [5, 5.41) is 9.58. The molecule has 4 rings (SSSR count). The lowest BCUT2D eigenvalue weighted by molar-refractivity contribution is -0.140. The van der Waals surface area contributed by atoms with Crippen molar-refractivity contribution in [3.05, 3.63) is 103 Å². The molecular formula is C33H34N6O6. The minimum absolute atomic E-state index is 0.117. The van der Waals surface area contributed by atoms with Crippen molar-refractivity contribution in [1.82, 2.24) is 15.0 Å². The fraction of sp³-hybridized carbons (Fsp3) is 0.182. The van der Waals surface area contributed by atoms with Crippen molar-refractivity contribution in [3.8, 4) is 11.5 Å². The molecule has 3 aromatic carbocycles.